The van der Waals surface area contributed by atoms with Crippen LogP contribution >= 0.6 is 11.8 Å². The highest BCUT2D eigenvalue weighted by molar-refractivity contribution is 7.99. The first-order valence-electron chi connectivity index (χ1n) is 9.04. The molecule has 0 aliphatic rings. The molecule has 0 bridgehead atoms. The minimum absolute atomic E-state index is 0.0303. The number of amides is 2. The van der Waals surface area contributed by atoms with Crippen LogP contribution in [0.15, 0.2) is 0 Å². The number of hydrogen-bond donors (Lipinski definition) is 6. The van der Waals surface area contributed by atoms with Gasteiger partial charge in [-0.15, -0.1) is 0 Å². The Morgan fingerprint density at radius 1 is 0.931 bits per heavy atom. The van der Waals surface area contributed by atoms with E-state index in [1.54, 1.807) is 0 Å². The lowest BCUT2D eigenvalue weighted by Gasteiger charge is -2.19. The van der Waals surface area contributed by atoms with Gasteiger partial charge in [0, 0.05) is 17.9 Å². The number of aliphatic carboxylic acids is 3. The summed E-state index contributed by atoms with van der Waals surface area (Å²) < 4.78 is 0. The lowest BCUT2D eigenvalue weighted by Crippen LogP contribution is -2.49. The number of carboxylic acid groups (broad SMARTS) is 3. The summed E-state index contributed by atoms with van der Waals surface area (Å²) in [6.07, 6.45) is -0.317. The molecule has 166 valence electrons. The van der Waals surface area contributed by atoms with Gasteiger partial charge in [0.15, 0.2) is 0 Å². The molecule has 0 aromatic rings. The molecule has 0 aliphatic heterocycles. The van der Waals surface area contributed by atoms with Crippen molar-refractivity contribution in [1.82, 2.24) is 10.6 Å². The van der Waals surface area contributed by atoms with Gasteiger partial charge in [0.05, 0.1) is 12.5 Å². The van der Waals surface area contributed by atoms with Gasteiger partial charge in [0.2, 0.25) is 11.8 Å². The average molecular weight is 435 g/mol. The average Bonchev–Trinajstić information content (AvgIpc) is 2.59. The fraction of sp³-hybridized carbons (Fsp3) is 0.706. The number of carbonyl (C=O) groups excluding carboxylic acids is 2. The van der Waals surface area contributed by atoms with Gasteiger partial charge < -0.3 is 31.7 Å². The van der Waals surface area contributed by atoms with Crippen LogP contribution in [-0.4, -0.2) is 74.7 Å². The van der Waals surface area contributed by atoms with Crippen LogP contribution in [0.5, 0.6) is 0 Å². The molecule has 0 fully saturated rings. The first kappa shape index (κ1) is 26.7. The number of carbonyl (C=O) groups is 5. The Balaban J connectivity index is 4.58. The Hall–Kier alpha value is -2.34. The highest BCUT2D eigenvalue weighted by atomic mass is 32.2. The van der Waals surface area contributed by atoms with Crippen molar-refractivity contribution >= 4 is 41.5 Å². The molecule has 0 unspecified atom stereocenters. The topological polar surface area (TPSA) is 196 Å². The van der Waals surface area contributed by atoms with Gasteiger partial charge >= 0.3 is 17.9 Å². The first-order valence-corrected chi connectivity index (χ1v) is 10.2. The second kappa shape index (κ2) is 13.8. The summed E-state index contributed by atoms with van der Waals surface area (Å²) in [4.78, 5) is 56.9. The number of nitrogens with two attached hydrogens (primary N) is 1. The van der Waals surface area contributed by atoms with Crippen molar-refractivity contribution < 1.29 is 39.3 Å². The van der Waals surface area contributed by atoms with Gasteiger partial charge in [-0.05, 0) is 18.8 Å². The standard InChI is InChI=1S/C17H29N3O8S/c1-9(2)7-10(18)15(24)20-11(16(25)26)3-4-13(21)19-12(17(27)28)8-29-6-5-14(22)23/h9-12H,3-8,18H2,1-2H3,(H,19,21)(H,20,24)(H,22,23)(H,25,26)(H,27,28)/t10-,11+,12+/m0/s1. The monoisotopic (exact) mass is 435 g/mol. The van der Waals surface area contributed by atoms with Gasteiger partial charge in [-0.1, -0.05) is 13.8 Å². The Morgan fingerprint density at radius 3 is 2.00 bits per heavy atom. The van der Waals surface area contributed by atoms with Crippen LogP contribution in [0.4, 0.5) is 0 Å². The third-order valence-electron chi connectivity index (χ3n) is 3.71. The Bertz CT molecular complexity index is 599. The fourth-order valence-corrected chi connectivity index (χ4v) is 3.18. The highest BCUT2D eigenvalue weighted by Crippen LogP contribution is 2.07. The first-order chi connectivity index (χ1) is 13.4. The number of hydrogen-bond acceptors (Lipinski definition) is 7. The summed E-state index contributed by atoms with van der Waals surface area (Å²) in [6, 6.07) is -3.44. The van der Waals surface area contributed by atoms with Crippen molar-refractivity contribution in [2.75, 3.05) is 11.5 Å². The molecule has 0 aliphatic carbocycles. The number of rotatable bonds is 15. The molecule has 29 heavy (non-hydrogen) atoms. The molecule has 11 nitrogen and oxygen atoms in total. The van der Waals surface area contributed by atoms with Crippen LogP contribution in [0, 0.1) is 5.92 Å². The van der Waals surface area contributed by atoms with Gasteiger partial charge in [0.1, 0.15) is 12.1 Å². The zero-order chi connectivity index (χ0) is 22.6. The number of carboxylic acids is 3. The smallest absolute Gasteiger partial charge is 0.327 e. The molecule has 2 amide bonds. The summed E-state index contributed by atoms with van der Waals surface area (Å²) >= 11 is 1.06. The van der Waals surface area contributed by atoms with E-state index in [0.29, 0.717) is 6.42 Å². The maximum Gasteiger partial charge on any atom is 0.327 e. The van der Waals surface area contributed by atoms with E-state index in [1.165, 1.54) is 0 Å². The summed E-state index contributed by atoms with van der Waals surface area (Å²) in [7, 11) is 0. The zero-order valence-corrected chi connectivity index (χ0v) is 17.2. The van der Waals surface area contributed by atoms with Crippen LogP contribution in [0.2, 0.25) is 0 Å². The molecular formula is C17H29N3O8S. The van der Waals surface area contributed by atoms with Crippen molar-refractivity contribution in [3.63, 3.8) is 0 Å². The summed E-state index contributed by atoms with van der Waals surface area (Å²) in [5, 5.41) is 31.5. The molecule has 0 saturated heterocycles. The number of nitrogens with one attached hydrogen (secondary N) is 2. The Labute approximate surface area is 172 Å². The highest BCUT2D eigenvalue weighted by Gasteiger charge is 2.26. The van der Waals surface area contributed by atoms with Crippen molar-refractivity contribution in [1.29, 1.82) is 0 Å². The van der Waals surface area contributed by atoms with E-state index < -0.39 is 47.8 Å². The molecule has 0 spiro atoms. The predicted octanol–water partition coefficient (Wildman–Crippen LogP) is -0.513. The second-order valence-electron chi connectivity index (χ2n) is 6.85. The van der Waals surface area contributed by atoms with Crippen LogP contribution in [-0.2, 0) is 24.0 Å². The molecule has 12 heteroatoms. The van der Waals surface area contributed by atoms with Crippen molar-refractivity contribution in [3.8, 4) is 0 Å². The summed E-state index contributed by atoms with van der Waals surface area (Å²) in [6.45, 7) is 3.73. The minimum Gasteiger partial charge on any atom is -0.481 e. The van der Waals surface area contributed by atoms with E-state index >= 15 is 0 Å². The summed E-state index contributed by atoms with van der Waals surface area (Å²) in [5.74, 6) is -4.65. The third-order valence-corrected chi connectivity index (χ3v) is 4.78. The van der Waals surface area contributed by atoms with Gasteiger partial charge in [-0.2, -0.15) is 11.8 Å². The maximum atomic E-state index is 12.0. The summed E-state index contributed by atoms with van der Waals surface area (Å²) in [5.41, 5.74) is 5.71. The van der Waals surface area contributed by atoms with E-state index in [2.05, 4.69) is 10.6 Å². The van der Waals surface area contributed by atoms with Crippen LogP contribution in [0.25, 0.3) is 0 Å². The predicted molar refractivity (Wildman–Crippen MR) is 105 cm³/mol. The normalized spacial score (nSPS) is 13.9. The second-order valence-corrected chi connectivity index (χ2v) is 8.00. The molecule has 0 aromatic carbocycles. The molecule has 3 atom stereocenters. The van der Waals surface area contributed by atoms with Gasteiger partial charge in [-0.3, -0.25) is 14.4 Å². The minimum atomic E-state index is -1.33. The van der Waals surface area contributed by atoms with E-state index in [9.17, 15) is 29.1 Å². The zero-order valence-electron chi connectivity index (χ0n) is 16.4. The van der Waals surface area contributed by atoms with E-state index in [4.69, 9.17) is 15.9 Å². The van der Waals surface area contributed by atoms with Crippen LogP contribution in [0.3, 0.4) is 0 Å². The largest absolute Gasteiger partial charge is 0.481 e. The molecule has 0 saturated carbocycles. The van der Waals surface area contributed by atoms with Crippen LogP contribution < -0.4 is 16.4 Å². The van der Waals surface area contributed by atoms with E-state index in [-0.39, 0.29) is 36.7 Å². The van der Waals surface area contributed by atoms with Crippen molar-refractivity contribution in [3.05, 3.63) is 0 Å². The Kier molecular flexibility index (Phi) is 12.7. The fourth-order valence-electron chi connectivity index (χ4n) is 2.23. The molecule has 0 heterocycles. The SMILES string of the molecule is CC(C)C[C@H](N)C(=O)N[C@H](CCC(=O)N[C@H](CSCCC(=O)O)C(=O)O)C(=O)O. The van der Waals surface area contributed by atoms with E-state index in [1.807, 2.05) is 13.8 Å². The van der Waals surface area contributed by atoms with Crippen molar-refractivity contribution in [2.24, 2.45) is 11.7 Å². The third kappa shape index (κ3) is 12.7. The lowest BCUT2D eigenvalue weighted by atomic mass is 10.0. The molecule has 0 aromatic heterocycles. The van der Waals surface area contributed by atoms with E-state index in [0.717, 1.165) is 11.8 Å². The maximum absolute atomic E-state index is 12.0. The van der Waals surface area contributed by atoms with Crippen molar-refractivity contribution in [2.45, 2.75) is 57.7 Å². The quantitative estimate of drug-likeness (QED) is 0.182. The van der Waals surface area contributed by atoms with Gasteiger partial charge in [-0.25, -0.2) is 9.59 Å². The lowest BCUT2D eigenvalue weighted by molar-refractivity contribution is -0.143. The Morgan fingerprint density at radius 2 is 1.52 bits per heavy atom. The molecule has 0 rings (SSSR count). The number of thioether (sulfide) groups is 1. The van der Waals surface area contributed by atoms with Gasteiger partial charge in [0.25, 0.3) is 0 Å². The molecular weight excluding hydrogens is 406 g/mol. The molecule has 7 N–H and O–H groups in total. The molecule has 0 radical (unpaired) electrons. The van der Waals surface area contributed by atoms with Crippen LogP contribution in [0.1, 0.15) is 39.5 Å².